The van der Waals surface area contributed by atoms with Gasteiger partial charge in [0.2, 0.25) is 0 Å². The third-order valence-corrected chi connectivity index (χ3v) is 13.8. The Morgan fingerprint density at radius 1 is 0.200 bits per heavy atom. The Balaban J connectivity index is 2.68. The SMILES string of the molecule is CC(C)(C)c1cccc(C(C)(C)C)c1-c1c(-c2c(C(C)(C)C)cccc2C(C)(C)C)c(C(F)(F)F)c(-c2c(C(C)(C)C)cccc2C(C)(C)C)c(-c2c(C(C)(C)C)cccc2C(C)(C)C)c1C(F)(F)F. The second-order valence-corrected chi connectivity index (χ2v) is 28.2. The molecule has 382 valence electrons. The number of halogens is 6. The van der Waals surface area contributed by atoms with Crippen LogP contribution in [-0.2, 0) is 55.7 Å². The standard InChI is InChI=1S/C64H84F6/c1-55(2,3)37-29-25-30-38(56(4,5)6)45(37)49-50(46-39(57(7,8)9)31-26-32-40(46)58(10,11)12)54(64(68,69)70)52(48-43(61(19,20)21)35-28-36-44(48)62(22,23)24)51(53(49)63(65,66)67)47-41(59(13,14)15)33-27-34-42(47)60(16,17)18/h25-36H,1-24H3. The van der Waals surface area contributed by atoms with Crippen LogP contribution in [0.15, 0.2) is 72.8 Å². The average Bonchev–Trinajstić information content (AvgIpc) is 3.15. The van der Waals surface area contributed by atoms with Gasteiger partial charge in [0, 0.05) is 22.3 Å². The van der Waals surface area contributed by atoms with E-state index in [4.69, 9.17) is 0 Å². The summed E-state index contributed by atoms with van der Waals surface area (Å²) < 4.78 is 110. The fourth-order valence-corrected chi connectivity index (χ4v) is 10.6. The van der Waals surface area contributed by atoms with Crippen molar-refractivity contribution in [1.29, 1.82) is 0 Å². The molecule has 0 saturated heterocycles. The quantitative estimate of drug-likeness (QED) is 0.158. The maximum absolute atomic E-state index is 18.3. The van der Waals surface area contributed by atoms with Gasteiger partial charge in [0.25, 0.3) is 0 Å². The Labute approximate surface area is 419 Å². The minimum Gasteiger partial charge on any atom is -0.166 e. The highest BCUT2D eigenvalue weighted by molar-refractivity contribution is 6.06. The van der Waals surface area contributed by atoms with Gasteiger partial charge in [-0.3, -0.25) is 0 Å². The topological polar surface area (TPSA) is 0 Å². The van der Waals surface area contributed by atoms with E-state index < -0.39 is 89.1 Å². The molecular formula is C64H84F6. The molecule has 6 heteroatoms. The Kier molecular flexibility index (Phi) is 14.3. The first-order valence-electron chi connectivity index (χ1n) is 25.1. The monoisotopic (exact) mass is 967 g/mol. The summed E-state index contributed by atoms with van der Waals surface area (Å²) in [5.74, 6) is 0. The van der Waals surface area contributed by atoms with Crippen LogP contribution in [0.4, 0.5) is 26.3 Å². The predicted molar refractivity (Wildman–Crippen MR) is 288 cm³/mol. The molecule has 5 aromatic carbocycles. The van der Waals surface area contributed by atoms with E-state index in [1.165, 1.54) is 0 Å². The number of hydrogen-bond donors (Lipinski definition) is 0. The summed E-state index contributed by atoms with van der Waals surface area (Å²) in [5.41, 5.74) is -5.28. The van der Waals surface area contributed by atoms with Gasteiger partial charge in [0.1, 0.15) is 0 Å². The Morgan fingerprint density at radius 3 is 0.400 bits per heavy atom. The maximum atomic E-state index is 18.3. The lowest BCUT2D eigenvalue weighted by Gasteiger charge is -2.40. The summed E-state index contributed by atoms with van der Waals surface area (Å²) in [6.07, 6.45) is -10.4. The van der Waals surface area contributed by atoms with E-state index >= 15 is 26.3 Å². The second-order valence-electron chi connectivity index (χ2n) is 28.2. The van der Waals surface area contributed by atoms with E-state index in [0.717, 1.165) is 0 Å². The Morgan fingerprint density at radius 2 is 0.314 bits per heavy atom. The molecule has 0 atom stereocenters. The van der Waals surface area contributed by atoms with Crippen LogP contribution in [0, 0.1) is 0 Å². The number of alkyl halides is 6. The lowest BCUT2D eigenvalue weighted by Crippen LogP contribution is -2.27. The van der Waals surface area contributed by atoms with Crippen molar-refractivity contribution in [2.75, 3.05) is 0 Å². The Bertz CT molecular complexity index is 2270. The van der Waals surface area contributed by atoms with Gasteiger partial charge in [0.15, 0.2) is 0 Å². The molecule has 0 spiro atoms. The van der Waals surface area contributed by atoms with Crippen molar-refractivity contribution in [3.05, 3.63) is 128 Å². The molecular weight excluding hydrogens is 883 g/mol. The van der Waals surface area contributed by atoms with E-state index in [9.17, 15) is 0 Å². The highest BCUT2D eigenvalue weighted by Gasteiger charge is 2.51. The minimum atomic E-state index is -5.21. The van der Waals surface area contributed by atoms with Crippen LogP contribution < -0.4 is 0 Å². The fourth-order valence-electron chi connectivity index (χ4n) is 10.6. The summed E-state index contributed by atoms with van der Waals surface area (Å²) in [5, 5.41) is 0. The summed E-state index contributed by atoms with van der Waals surface area (Å²) >= 11 is 0. The van der Waals surface area contributed by atoms with E-state index in [0.29, 0.717) is 44.5 Å². The number of hydrogen-bond acceptors (Lipinski definition) is 0. The summed E-state index contributed by atoms with van der Waals surface area (Å²) in [6.45, 7) is 46.6. The Hall–Kier alpha value is -4.32. The molecule has 0 heterocycles. The van der Waals surface area contributed by atoms with Crippen LogP contribution in [0.5, 0.6) is 0 Å². The van der Waals surface area contributed by atoms with Crippen molar-refractivity contribution in [3.63, 3.8) is 0 Å². The average molecular weight is 967 g/mol. The second kappa shape index (κ2) is 17.7. The van der Waals surface area contributed by atoms with Gasteiger partial charge in [-0.05, 0) is 110 Å². The van der Waals surface area contributed by atoms with E-state index in [1.54, 1.807) is 0 Å². The molecule has 0 aliphatic heterocycles. The van der Waals surface area contributed by atoms with Crippen LogP contribution in [0.1, 0.15) is 222 Å². The van der Waals surface area contributed by atoms with Gasteiger partial charge in [-0.1, -0.05) is 239 Å². The highest BCUT2D eigenvalue weighted by Crippen LogP contribution is 2.63. The molecule has 0 unspecified atom stereocenters. The van der Waals surface area contributed by atoms with Gasteiger partial charge in [-0.25, -0.2) is 0 Å². The highest BCUT2D eigenvalue weighted by atomic mass is 19.4. The first-order chi connectivity index (χ1) is 31.2. The molecule has 0 fully saturated rings. The molecule has 0 N–H and O–H groups in total. The van der Waals surface area contributed by atoms with Crippen LogP contribution in [0.2, 0.25) is 0 Å². The van der Waals surface area contributed by atoms with Gasteiger partial charge < -0.3 is 0 Å². The third kappa shape index (κ3) is 10.9. The zero-order valence-electron chi connectivity index (χ0n) is 47.2. The van der Waals surface area contributed by atoms with Crippen molar-refractivity contribution < 1.29 is 26.3 Å². The lowest BCUT2D eigenvalue weighted by molar-refractivity contribution is -0.139. The number of rotatable bonds is 4. The van der Waals surface area contributed by atoms with E-state index in [2.05, 4.69) is 0 Å². The molecule has 0 radical (unpaired) electrons. The smallest absolute Gasteiger partial charge is 0.166 e. The molecule has 0 amide bonds. The van der Waals surface area contributed by atoms with Gasteiger partial charge in [0.05, 0.1) is 11.1 Å². The molecule has 0 aromatic heterocycles. The zero-order chi connectivity index (χ0) is 53.9. The van der Waals surface area contributed by atoms with Gasteiger partial charge >= 0.3 is 12.4 Å². The van der Waals surface area contributed by atoms with Crippen molar-refractivity contribution in [2.45, 2.75) is 222 Å². The minimum absolute atomic E-state index is 0.192. The first-order valence-corrected chi connectivity index (χ1v) is 25.1. The molecule has 0 aliphatic carbocycles. The predicted octanol–water partition coefficient (Wildman–Crippen LogP) is 20.8. The molecule has 5 aromatic rings. The molecule has 0 aliphatic rings. The van der Waals surface area contributed by atoms with E-state index in [-0.39, 0.29) is 22.3 Å². The van der Waals surface area contributed by atoms with Crippen molar-refractivity contribution >= 4 is 0 Å². The van der Waals surface area contributed by atoms with Gasteiger partial charge in [-0.2, -0.15) is 26.3 Å². The molecule has 0 bridgehead atoms. The van der Waals surface area contributed by atoms with Crippen LogP contribution in [0.25, 0.3) is 44.5 Å². The zero-order valence-corrected chi connectivity index (χ0v) is 47.2. The number of benzene rings is 5. The summed E-state index contributed by atoms with van der Waals surface area (Å²) in [7, 11) is 0. The lowest BCUT2D eigenvalue weighted by atomic mass is 9.64. The summed E-state index contributed by atoms with van der Waals surface area (Å²) in [4.78, 5) is 0. The molecule has 70 heavy (non-hydrogen) atoms. The fraction of sp³-hybridized carbons (Fsp3) is 0.531. The normalized spacial score (nSPS) is 14.1. The van der Waals surface area contributed by atoms with Crippen molar-refractivity contribution in [3.8, 4) is 44.5 Å². The van der Waals surface area contributed by atoms with Crippen LogP contribution in [0.3, 0.4) is 0 Å². The van der Waals surface area contributed by atoms with Crippen molar-refractivity contribution in [2.24, 2.45) is 0 Å². The largest absolute Gasteiger partial charge is 0.417 e. The van der Waals surface area contributed by atoms with Gasteiger partial charge in [-0.15, -0.1) is 0 Å². The molecule has 0 nitrogen and oxygen atoms in total. The molecule has 0 saturated carbocycles. The molecule has 5 rings (SSSR count). The first kappa shape index (κ1) is 56.6. The van der Waals surface area contributed by atoms with Crippen LogP contribution in [-0.4, -0.2) is 0 Å². The summed E-state index contributed by atoms with van der Waals surface area (Å²) in [6, 6.07) is 22.0. The van der Waals surface area contributed by atoms with Crippen molar-refractivity contribution in [1.82, 2.24) is 0 Å². The third-order valence-electron chi connectivity index (χ3n) is 13.8. The van der Waals surface area contributed by atoms with Crippen LogP contribution >= 0.6 is 0 Å². The van der Waals surface area contributed by atoms with E-state index in [1.807, 2.05) is 239 Å². The maximum Gasteiger partial charge on any atom is 0.417 e.